The summed E-state index contributed by atoms with van der Waals surface area (Å²) in [5.41, 5.74) is 9.13. The summed E-state index contributed by atoms with van der Waals surface area (Å²) in [5.74, 6) is -0.391. The SMILES string of the molecule is Cc1cc(C(=O)O)ncc1-c1cc2cc(NC(=O)[C@H]3C[C@@H]3c3cnn(C)c3)ncc2c(N)n1. The number of fused-ring (bicyclic) bond motifs is 1. The summed E-state index contributed by atoms with van der Waals surface area (Å²) in [5, 5.41) is 17.6. The number of nitrogen functional groups attached to an aromatic ring is 1. The number of carboxylic acids is 1. The van der Waals surface area contributed by atoms with Gasteiger partial charge >= 0.3 is 5.97 Å². The van der Waals surface area contributed by atoms with Crippen LogP contribution in [-0.4, -0.2) is 41.7 Å². The maximum absolute atomic E-state index is 12.7. The molecular weight excluding hydrogens is 422 g/mol. The van der Waals surface area contributed by atoms with Crippen LogP contribution in [-0.2, 0) is 11.8 Å². The monoisotopic (exact) mass is 443 g/mol. The molecule has 0 aromatic carbocycles. The Kier molecular flexibility index (Phi) is 4.77. The Morgan fingerprint density at radius 1 is 1.18 bits per heavy atom. The standard InChI is InChI=1S/C23H21N7O3/c1-11-3-19(23(32)33)25-8-16(11)18-4-12-5-20(26-9-17(12)21(24)28-18)29-22(31)15-6-14(15)13-7-27-30(2)10-13/h3-5,7-10,14-15H,6H2,1-2H3,(H2,24,28)(H,32,33)(H,26,29,31)/t14-,15+/m1/s1. The number of pyridine rings is 3. The highest BCUT2D eigenvalue weighted by Crippen LogP contribution is 2.47. The zero-order valence-electron chi connectivity index (χ0n) is 18.0. The number of nitrogens with one attached hydrogen (secondary N) is 1. The molecule has 166 valence electrons. The minimum Gasteiger partial charge on any atom is -0.477 e. The number of carbonyl (C=O) groups excluding carboxylic acids is 1. The smallest absolute Gasteiger partial charge is 0.354 e. The molecule has 1 fully saturated rings. The van der Waals surface area contributed by atoms with Crippen molar-refractivity contribution in [1.29, 1.82) is 0 Å². The number of carboxylic acid groups (broad SMARTS) is 1. The summed E-state index contributed by atoms with van der Waals surface area (Å²) in [6.45, 7) is 1.79. The molecule has 10 heteroatoms. The van der Waals surface area contributed by atoms with Crippen LogP contribution in [0.1, 0.15) is 34.0 Å². The van der Waals surface area contributed by atoms with Crippen molar-refractivity contribution in [2.45, 2.75) is 19.3 Å². The summed E-state index contributed by atoms with van der Waals surface area (Å²) in [4.78, 5) is 36.6. The molecule has 33 heavy (non-hydrogen) atoms. The Bertz CT molecular complexity index is 1430. The van der Waals surface area contributed by atoms with Crippen LogP contribution in [0.15, 0.2) is 43.0 Å². The molecule has 4 heterocycles. The lowest BCUT2D eigenvalue weighted by atomic mass is 10.0. The summed E-state index contributed by atoms with van der Waals surface area (Å²) < 4.78 is 1.73. The van der Waals surface area contributed by atoms with Gasteiger partial charge in [0.25, 0.3) is 0 Å². The van der Waals surface area contributed by atoms with Gasteiger partial charge in [0.2, 0.25) is 5.91 Å². The third kappa shape index (κ3) is 3.86. The molecule has 0 aliphatic heterocycles. The number of nitrogens with zero attached hydrogens (tertiary/aromatic N) is 5. The zero-order chi connectivity index (χ0) is 23.3. The van der Waals surface area contributed by atoms with Crippen LogP contribution in [0.5, 0.6) is 0 Å². The fourth-order valence-corrected chi connectivity index (χ4v) is 4.03. The van der Waals surface area contributed by atoms with Gasteiger partial charge in [-0.15, -0.1) is 0 Å². The van der Waals surface area contributed by atoms with E-state index in [2.05, 4.69) is 25.4 Å². The Hall–Kier alpha value is -4.34. The number of aryl methyl sites for hydroxylation is 2. The van der Waals surface area contributed by atoms with E-state index in [0.29, 0.717) is 28.0 Å². The van der Waals surface area contributed by atoms with Crippen LogP contribution in [0.2, 0.25) is 0 Å². The highest BCUT2D eigenvalue weighted by Gasteiger charge is 2.44. The van der Waals surface area contributed by atoms with Crippen molar-refractivity contribution in [3.63, 3.8) is 0 Å². The maximum Gasteiger partial charge on any atom is 0.354 e. The van der Waals surface area contributed by atoms with E-state index in [1.807, 2.05) is 19.3 Å². The summed E-state index contributed by atoms with van der Waals surface area (Å²) in [7, 11) is 1.85. The van der Waals surface area contributed by atoms with Crippen LogP contribution >= 0.6 is 0 Å². The molecule has 4 aromatic heterocycles. The molecule has 0 spiro atoms. The first-order valence-electron chi connectivity index (χ1n) is 10.4. The average molecular weight is 443 g/mol. The maximum atomic E-state index is 12.7. The molecule has 4 N–H and O–H groups in total. The van der Waals surface area contributed by atoms with E-state index in [-0.39, 0.29) is 29.3 Å². The number of rotatable bonds is 5. The fourth-order valence-electron chi connectivity index (χ4n) is 4.03. The highest BCUT2D eigenvalue weighted by molar-refractivity contribution is 5.99. The number of aromatic nitrogens is 5. The van der Waals surface area contributed by atoms with Crippen molar-refractivity contribution in [3.8, 4) is 11.3 Å². The Balaban J connectivity index is 1.41. The summed E-state index contributed by atoms with van der Waals surface area (Å²) >= 11 is 0. The van der Waals surface area contributed by atoms with Gasteiger partial charge in [-0.25, -0.2) is 19.7 Å². The van der Waals surface area contributed by atoms with Crippen molar-refractivity contribution in [1.82, 2.24) is 24.7 Å². The van der Waals surface area contributed by atoms with Gasteiger partial charge in [-0.3, -0.25) is 9.48 Å². The van der Waals surface area contributed by atoms with Gasteiger partial charge in [0.1, 0.15) is 17.3 Å². The zero-order valence-corrected chi connectivity index (χ0v) is 18.0. The van der Waals surface area contributed by atoms with Gasteiger partial charge < -0.3 is 16.2 Å². The van der Waals surface area contributed by atoms with E-state index >= 15 is 0 Å². The van der Waals surface area contributed by atoms with Gasteiger partial charge in [0, 0.05) is 42.5 Å². The normalized spacial score (nSPS) is 17.2. The second-order valence-corrected chi connectivity index (χ2v) is 8.26. The van der Waals surface area contributed by atoms with Crippen molar-refractivity contribution in [2.24, 2.45) is 13.0 Å². The van der Waals surface area contributed by atoms with Crippen LogP contribution < -0.4 is 11.1 Å². The number of hydrogen-bond acceptors (Lipinski definition) is 7. The molecule has 0 unspecified atom stereocenters. The second kappa shape index (κ2) is 7.66. The molecule has 1 aliphatic carbocycles. The number of nitrogens with two attached hydrogens (primary N) is 1. The Morgan fingerprint density at radius 2 is 2.00 bits per heavy atom. The molecule has 10 nitrogen and oxygen atoms in total. The van der Waals surface area contributed by atoms with Gasteiger partial charge in [-0.05, 0) is 54.0 Å². The largest absolute Gasteiger partial charge is 0.477 e. The molecule has 4 aromatic rings. The van der Waals surface area contributed by atoms with E-state index in [1.165, 1.54) is 12.3 Å². The molecule has 5 rings (SSSR count). The molecule has 1 saturated carbocycles. The minimum atomic E-state index is -1.09. The summed E-state index contributed by atoms with van der Waals surface area (Å²) in [6.07, 6.45) is 7.57. The molecule has 0 radical (unpaired) electrons. The second-order valence-electron chi connectivity index (χ2n) is 8.26. The predicted octanol–water partition coefficient (Wildman–Crippen LogP) is 2.76. The molecule has 1 amide bonds. The van der Waals surface area contributed by atoms with Crippen molar-refractivity contribution in [2.75, 3.05) is 11.1 Å². The number of amides is 1. The lowest BCUT2D eigenvalue weighted by molar-refractivity contribution is -0.117. The molecule has 2 atom stereocenters. The lowest BCUT2D eigenvalue weighted by Crippen LogP contribution is -2.15. The van der Waals surface area contributed by atoms with Gasteiger partial charge in [-0.2, -0.15) is 5.10 Å². The van der Waals surface area contributed by atoms with Gasteiger partial charge in [0.05, 0.1) is 11.9 Å². The average Bonchev–Trinajstić information content (AvgIpc) is 3.46. The fraction of sp³-hybridized carbons (Fsp3) is 0.217. The van der Waals surface area contributed by atoms with E-state index in [0.717, 1.165) is 17.4 Å². The van der Waals surface area contributed by atoms with E-state index in [4.69, 9.17) is 10.8 Å². The first kappa shape index (κ1) is 20.6. The molecule has 1 aliphatic rings. The first-order valence-corrected chi connectivity index (χ1v) is 10.4. The van der Waals surface area contributed by atoms with E-state index in [9.17, 15) is 9.59 Å². The van der Waals surface area contributed by atoms with Crippen molar-refractivity contribution in [3.05, 3.63) is 59.8 Å². The van der Waals surface area contributed by atoms with Crippen LogP contribution in [0.4, 0.5) is 11.6 Å². The molecular formula is C23H21N7O3. The third-order valence-corrected chi connectivity index (χ3v) is 5.88. The van der Waals surface area contributed by atoms with Crippen molar-refractivity contribution >= 4 is 34.3 Å². The van der Waals surface area contributed by atoms with Crippen LogP contribution in [0, 0.1) is 12.8 Å². The van der Waals surface area contributed by atoms with Gasteiger partial charge in [-0.1, -0.05) is 0 Å². The number of aromatic carboxylic acids is 1. The Labute approximate surface area is 188 Å². The Morgan fingerprint density at radius 3 is 2.70 bits per heavy atom. The van der Waals surface area contributed by atoms with Crippen LogP contribution in [0.25, 0.3) is 22.0 Å². The van der Waals surface area contributed by atoms with E-state index in [1.54, 1.807) is 30.1 Å². The minimum absolute atomic E-state index is 0.0381. The van der Waals surface area contributed by atoms with Crippen LogP contribution in [0.3, 0.4) is 0 Å². The summed E-state index contributed by atoms with van der Waals surface area (Å²) in [6, 6.07) is 5.07. The van der Waals surface area contributed by atoms with Gasteiger partial charge in [0.15, 0.2) is 0 Å². The topological polar surface area (TPSA) is 149 Å². The lowest BCUT2D eigenvalue weighted by Gasteiger charge is -2.10. The number of anilines is 2. The third-order valence-electron chi connectivity index (χ3n) is 5.88. The first-order chi connectivity index (χ1) is 15.8. The van der Waals surface area contributed by atoms with Crippen molar-refractivity contribution < 1.29 is 14.7 Å². The predicted molar refractivity (Wildman–Crippen MR) is 122 cm³/mol. The highest BCUT2D eigenvalue weighted by atomic mass is 16.4. The quantitative estimate of drug-likeness (QED) is 0.426. The molecule has 0 saturated heterocycles. The number of carbonyl (C=O) groups is 2. The molecule has 0 bridgehead atoms. The number of hydrogen-bond donors (Lipinski definition) is 3. The van der Waals surface area contributed by atoms with E-state index < -0.39 is 5.97 Å².